The monoisotopic (exact) mass is 465 g/mol. The molecule has 164 valence electrons. The Hall–Kier alpha value is -2.23. The van der Waals surface area contributed by atoms with E-state index in [1.807, 2.05) is 19.1 Å². The molecule has 2 aliphatic heterocycles. The van der Waals surface area contributed by atoms with Gasteiger partial charge in [0.2, 0.25) is 0 Å². The van der Waals surface area contributed by atoms with E-state index < -0.39 is 0 Å². The van der Waals surface area contributed by atoms with Crippen LogP contribution in [0, 0.1) is 11.8 Å². The number of fused-ring (bicyclic) bond motifs is 4. The Labute approximate surface area is 198 Å². The maximum atomic E-state index is 12.7. The quantitative estimate of drug-likeness (QED) is 0.358. The number of esters is 1. The topological polar surface area (TPSA) is 29.5 Å². The average molecular weight is 466 g/mol. The second-order valence-corrected chi connectivity index (χ2v) is 10.1. The zero-order chi connectivity index (χ0) is 22.0. The molecule has 5 heteroatoms. The van der Waals surface area contributed by atoms with Gasteiger partial charge in [-0.2, -0.15) is 0 Å². The molecule has 32 heavy (non-hydrogen) atoms. The summed E-state index contributed by atoms with van der Waals surface area (Å²) in [6, 6.07) is 10.3. The normalized spacial score (nSPS) is 29.0. The number of carbonyl (C=O) groups excluding carboxylic acids is 1. The SMILES string of the molecule is CCOC(=O)c1cc2c3c(c1)[C@@H]1C=CC[C@@H]1[C@H](c1cccc(Cl)c1Cl)N3C[C@H]1CC=C[C@@H]21. The number of allylic oxidation sites excluding steroid dienone is 4. The molecule has 2 aliphatic carbocycles. The maximum absolute atomic E-state index is 12.7. The van der Waals surface area contributed by atoms with E-state index in [0.717, 1.165) is 24.9 Å². The lowest BCUT2D eigenvalue weighted by molar-refractivity contribution is 0.0526. The fourth-order valence-electron chi connectivity index (χ4n) is 6.41. The Morgan fingerprint density at radius 3 is 2.62 bits per heavy atom. The number of nitrogens with zero attached hydrogens (tertiary/aromatic N) is 1. The zero-order valence-corrected chi connectivity index (χ0v) is 19.4. The highest BCUT2D eigenvalue weighted by atomic mass is 35.5. The van der Waals surface area contributed by atoms with Gasteiger partial charge in [0, 0.05) is 24.1 Å². The van der Waals surface area contributed by atoms with Gasteiger partial charge in [0.1, 0.15) is 0 Å². The summed E-state index contributed by atoms with van der Waals surface area (Å²) in [6.07, 6.45) is 11.3. The highest BCUT2D eigenvalue weighted by molar-refractivity contribution is 6.42. The van der Waals surface area contributed by atoms with Gasteiger partial charge in [-0.3, -0.25) is 0 Å². The summed E-state index contributed by atoms with van der Waals surface area (Å²) in [7, 11) is 0. The summed E-state index contributed by atoms with van der Waals surface area (Å²) in [5.74, 6) is 1.21. The second kappa shape index (κ2) is 7.67. The first-order chi connectivity index (χ1) is 15.6. The van der Waals surface area contributed by atoms with Gasteiger partial charge in [-0.25, -0.2) is 4.79 Å². The molecule has 2 heterocycles. The van der Waals surface area contributed by atoms with Crippen molar-refractivity contribution in [3.8, 4) is 0 Å². The predicted molar refractivity (Wildman–Crippen MR) is 129 cm³/mol. The Kier molecular flexibility index (Phi) is 4.89. The van der Waals surface area contributed by atoms with Gasteiger partial charge in [-0.1, -0.05) is 59.6 Å². The summed E-state index contributed by atoms with van der Waals surface area (Å²) < 4.78 is 5.38. The van der Waals surface area contributed by atoms with E-state index in [0.29, 0.717) is 40.0 Å². The molecule has 0 saturated carbocycles. The Balaban J connectivity index is 1.58. The van der Waals surface area contributed by atoms with Crippen molar-refractivity contribution in [1.29, 1.82) is 0 Å². The van der Waals surface area contributed by atoms with Gasteiger partial charge in [-0.05, 0) is 66.5 Å². The molecule has 0 fully saturated rings. The third-order valence-corrected chi connectivity index (χ3v) is 8.49. The maximum Gasteiger partial charge on any atom is 0.338 e. The van der Waals surface area contributed by atoms with Crippen molar-refractivity contribution in [2.45, 2.75) is 37.6 Å². The van der Waals surface area contributed by atoms with Crippen molar-refractivity contribution in [3.05, 3.63) is 86.9 Å². The number of anilines is 1. The molecule has 0 spiro atoms. The minimum atomic E-state index is -0.235. The van der Waals surface area contributed by atoms with E-state index in [2.05, 4.69) is 47.4 Å². The Morgan fingerprint density at radius 1 is 1.06 bits per heavy atom. The minimum absolute atomic E-state index is 0.155. The van der Waals surface area contributed by atoms with Gasteiger partial charge in [-0.15, -0.1) is 0 Å². The summed E-state index contributed by atoms with van der Waals surface area (Å²) in [6.45, 7) is 3.21. The van der Waals surface area contributed by atoms with Crippen molar-refractivity contribution in [2.24, 2.45) is 11.8 Å². The van der Waals surface area contributed by atoms with Crippen LogP contribution in [0.3, 0.4) is 0 Å². The highest BCUT2D eigenvalue weighted by Gasteiger charge is 2.48. The zero-order valence-electron chi connectivity index (χ0n) is 17.9. The molecule has 5 atom stereocenters. The van der Waals surface area contributed by atoms with Crippen LogP contribution < -0.4 is 4.90 Å². The van der Waals surface area contributed by atoms with E-state index in [1.54, 1.807) is 0 Å². The van der Waals surface area contributed by atoms with Crippen LogP contribution >= 0.6 is 23.2 Å². The fraction of sp³-hybridized carbons (Fsp3) is 0.370. The number of halogens is 2. The molecule has 0 N–H and O–H groups in total. The molecule has 0 amide bonds. The molecular formula is C27H25Cl2NO2. The van der Waals surface area contributed by atoms with Crippen molar-refractivity contribution in [3.63, 3.8) is 0 Å². The van der Waals surface area contributed by atoms with E-state index in [1.165, 1.54) is 16.8 Å². The van der Waals surface area contributed by atoms with Crippen molar-refractivity contribution >= 4 is 34.9 Å². The molecule has 0 bridgehead atoms. The number of benzene rings is 2. The number of rotatable bonds is 3. The third kappa shape index (κ3) is 2.90. The van der Waals surface area contributed by atoms with E-state index in [4.69, 9.17) is 27.9 Å². The van der Waals surface area contributed by atoms with Gasteiger partial charge >= 0.3 is 5.97 Å². The van der Waals surface area contributed by atoms with Crippen LogP contribution in [-0.2, 0) is 4.74 Å². The van der Waals surface area contributed by atoms with Gasteiger partial charge in [0.25, 0.3) is 0 Å². The third-order valence-electron chi connectivity index (χ3n) is 7.66. The van der Waals surface area contributed by atoms with Crippen LogP contribution in [0.15, 0.2) is 54.6 Å². The standard InChI is InChI=1S/C27H25Cl2NO2/c1-2-32-27(31)16-12-21-17-7-3-6-15(17)14-30-25(20-10-5-11-23(28)24(20)29)19-9-4-8-18(19)22(13-16)26(21)30/h3-5,7-8,10-13,15,17-19,25H,2,6,9,14H2,1H3/t15-,17-,18-,19+,25-/m1/s1. The lowest BCUT2D eigenvalue weighted by Crippen LogP contribution is -2.46. The summed E-state index contributed by atoms with van der Waals surface area (Å²) in [5.41, 5.74) is 5.54. The van der Waals surface area contributed by atoms with Crippen LogP contribution in [0.25, 0.3) is 0 Å². The van der Waals surface area contributed by atoms with Gasteiger partial charge in [0.15, 0.2) is 0 Å². The minimum Gasteiger partial charge on any atom is -0.462 e. The first kappa shape index (κ1) is 20.4. The molecule has 2 aromatic carbocycles. The molecule has 0 radical (unpaired) electrons. The number of ether oxygens (including phenoxy) is 1. The van der Waals surface area contributed by atoms with Crippen molar-refractivity contribution in [2.75, 3.05) is 18.1 Å². The van der Waals surface area contributed by atoms with E-state index >= 15 is 0 Å². The smallest absolute Gasteiger partial charge is 0.338 e. The van der Waals surface area contributed by atoms with Crippen LogP contribution in [0.5, 0.6) is 0 Å². The molecule has 0 saturated heterocycles. The number of carbonyl (C=O) groups is 1. The summed E-state index contributed by atoms with van der Waals surface area (Å²) >= 11 is 13.2. The first-order valence-electron chi connectivity index (χ1n) is 11.5. The summed E-state index contributed by atoms with van der Waals surface area (Å²) in [5, 5.41) is 1.26. The molecule has 4 aliphatic rings. The summed E-state index contributed by atoms with van der Waals surface area (Å²) in [4.78, 5) is 15.3. The molecule has 6 rings (SSSR count). The first-order valence-corrected chi connectivity index (χ1v) is 12.2. The second-order valence-electron chi connectivity index (χ2n) is 9.27. The van der Waals surface area contributed by atoms with Gasteiger partial charge in [0.05, 0.1) is 28.3 Å². The van der Waals surface area contributed by atoms with Crippen molar-refractivity contribution in [1.82, 2.24) is 0 Å². The van der Waals surface area contributed by atoms with Crippen LogP contribution in [0.1, 0.15) is 64.7 Å². The van der Waals surface area contributed by atoms with E-state index in [9.17, 15) is 4.79 Å². The van der Waals surface area contributed by atoms with Gasteiger partial charge < -0.3 is 9.64 Å². The van der Waals surface area contributed by atoms with Crippen molar-refractivity contribution < 1.29 is 9.53 Å². The highest BCUT2D eigenvalue weighted by Crippen LogP contribution is 2.59. The molecule has 3 nitrogen and oxygen atoms in total. The molecule has 0 unspecified atom stereocenters. The molecular weight excluding hydrogens is 441 g/mol. The fourth-order valence-corrected chi connectivity index (χ4v) is 6.83. The predicted octanol–water partition coefficient (Wildman–Crippen LogP) is 7.06. The van der Waals surface area contributed by atoms with Crippen LogP contribution in [0.4, 0.5) is 5.69 Å². The number of hydrogen-bond acceptors (Lipinski definition) is 3. The Morgan fingerprint density at radius 2 is 1.81 bits per heavy atom. The molecule has 0 aromatic heterocycles. The largest absolute Gasteiger partial charge is 0.462 e. The number of hydrogen-bond donors (Lipinski definition) is 0. The van der Waals surface area contributed by atoms with Crippen LogP contribution in [0.2, 0.25) is 10.0 Å². The van der Waals surface area contributed by atoms with Crippen LogP contribution in [-0.4, -0.2) is 19.1 Å². The molecule has 2 aromatic rings. The van der Waals surface area contributed by atoms with E-state index in [-0.39, 0.29) is 17.9 Å². The average Bonchev–Trinajstić information content (AvgIpc) is 3.46. The Bertz CT molecular complexity index is 1150. The lowest BCUT2D eigenvalue weighted by Gasteiger charge is -2.51. The lowest BCUT2D eigenvalue weighted by atomic mass is 9.70.